The number of halogens is 2. The zero-order valence-electron chi connectivity index (χ0n) is 7.79. The monoisotopic (exact) mass is 236 g/mol. The molecule has 2 unspecified atom stereocenters. The number of ether oxygens (including phenoxy) is 2. The van der Waals surface area contributed by atoms with E-state index in [0.29, 0.717) is 5.03 Å². The summed E-state index contributed by atoms with van der Waals surface area (Å²) < 4.78 is 9.63. The van der Waals surface area contributed by atoms with E-state index in [1.165, 1.54) is 26.4 Å². The summed E-state index contributed by atoms with van der Waals surface area (Å²) in [5.41, 5.74) is 0. The molecule has 0 N–H and O–H groups in total. The Balaban J connectivity index is 2.99. The van der Waals surface area contributed by atoms with Crippen molar-refractivity contribution in [1.82, 2.24) is 0 Å². The summed E-state index contributed by atoms with van der Waals surface area (Å²) in [6.45, 7) is 0. The lowest BCUT2D eigenvalue weighted by Crippen LogP contribution is -2.38. The largest absolute Gasteiger partial charge is 0.468 e. The predicted molar refractivity (Wildman–Crippen MR) is 54.2 cm³/mol. The topological polar surface area (TPSA) is 35.5 Å². The molecule has 14 heavy (non-hydrogen) atoms. The molecule has 1 aliphatic rings. The SMILES string of the molecule is COC(=O)C1C=C(Cl)C=CC1(Cl)OC. The first-order valence-electron chi connectivity index (χ1n) is 3.92. The van der Waals surface area contributed by atoms with Crippen LogP contribution in [0.1, 0.15) is 0 Å². The molecule has 0 amide bonds. The third-order valence-corrected chi connectivity index (χ3v) is 2.76. The van der Waals surface area contributed by atoms with Gasteiger partial charge < -0.3 is 9.47 Å². The number of hydrogen-bond acceptors (Lipinski definition) is 3. The van der Waals surface area contributed by atoms with Gasteiger partial charge in [0.25, 0.3) is 0 Å². The van der Waals surface area contributed by atoms with Crippen LogP contribution in [0.15, 0.2) is 23.3 Å². The Labute approximate surface area is 92.3 Å². The Morgan fingerprint density at radius 2 is 2.21 bits per heavy atom. The first kappa shape index (κ1) is 11.6. The van der Waals surface area contributed by atoms with Crippen LogP contribution >= 0.6 is 23.2 Å². The molecule has 1 rings (SSSR count). The second kappa shape index (κ2) is 4.34. The molecule has 0 bridgehead atoms. The number of esters is 1. The van der Waals surface area contributed by atoms with E-state index in [4.69, 9.17) is 27.9 Å². The molecular weight excluding hydrogens is 227 g/mol. The summed E-state index contributed by atoms with van der Waals surface area (Å²) in [6, 6.07) is 0. The van der Waals surface area contributed by atoms with Crippen molar-refractivity contribution in [3.05, 3.63) is 23.3 Å². The van der Waals surface area contributed by atoms with Gasteiger partial charge in [-0.1, -0.05) is 23.2 Å². The van der Waals surface area contributed by atoms with E-state index in [1.807, 2.05) is 0 Å². The van der Waals surface area contributed by atoms with Gasteiger partial charge in [-0.05, 0) is 18.2 Å². The van der Waals surface area contributed by atoms with Crippen molar-refractivity contribution >= 4 is 29.2 Å². The molecule has 0 fully saturated rings. The number of rotatable bonds is 2. The lowest BCUT2D eigenvalue weighted by atomic mass is 9.97. The molecule has 0 spiro atoms. The third kappa shape index (κ3) is 2.11. The number of alkyl halides is 1. The van der Waals surface area contributed by atoms with Gasteiger partial charge in [0.15, 0.2) is 5.06 Å². The molecule has 78 valence electrons. The van der Waals surface area contributed by atoms with Crippen LogP contribution in [0.5, 0.6) is 0 Å². The second-order valence-corrected chi connectivity index (χ2v) is 3.81. The van der Waals surface area contributed by atoms with Crippen molar-refractivity contribution in [2.24, 2.45) is 5.92 Å². The second-order valence-electron chi connectivity index (χ2n) is 2.79. The van der Waals surface area contributed by atoms with Crippen LogP contribution in [-0.2, 0) is 14.3 Å². The quantitative estimate of drug-likeness (QED) is 0.544. The third-order valence-electron chi connectivity index (χ3n) is 1.99. The summed E-state index contributed by atoms with van der Waals surface area (Å²) in [7, 11) is 2.70. The number of hydrogen-bond donors (Lipinski definition) is 0. The maximum absolute atomic E-state index is 11.4. The Morgan fingerprint density at radius 1 is 1.57 bits per heavy atom. The predicted octanol–water partition coefficient (Wildman–Crippen LogP) is 2.05. The summed E-state index contributed by atoms with van der Waals surface area (Å²) in [6.07, 6.45) is 4.61. The smallest absolute Gasteiger partial charge is 0.317 e. The van der Waals surface area contributed by atoms with Gasteiger partial charge >= 0.3 is 5.97 Å². The summed E-state index contributed by atoms with van der Waals surface area (Å²) in [5, 5.41) is -0.764. The van der Waals surface area contributed by atoms with Gasteiger partial charge in [0.05, 0.1) is 7.11 Å². The summed E-state index contributed by atoms with van der Waals surface area (Å²) in [4.78, 5) is 11.4. The highest BCUT2D eigenvalue weighted by Gasteiger charge is 2.41. The number of carbonyl (C=O) groups excluding carboxylic acids is 1. The minimum absolute atomic E-state index is 0.439. The van der Waals surface area contributed by atoms with Gasteiger partial charge in [-0.2, -0.15) is 0 Å². The van der Waals surface area contributed by atoms with Crippen molar-refractivity contribution in [3.63, 3.8) is 0 Å². The molecule has 5 heteroatoms. The average molecular weight is 237 g/mol. The number of carbonyl (C=O) groups is 1. The van der Waals surface area contributed by atoms with Crippen molar-refractivity contribution in [3.8, 4) is 0 Å². The molecule has 0 aliphatic heterocycles. The highest BCUT2D eigenvalue weighted by molar-refractivity contribution is 6.32. The van der Waals surface area contributed by atoms with Crippen molar-refractivity contribution in [2.75, 3.05) is 14.2 Å². The van der Waals surface area contributed by atoms with E-state index >= 15 is 0 Å². The first-order valence-corrected chi connectivity index (χ1v) is 4.67. The van der Waals surface area contributed by atoms with Gasteiger partial charge in [-0.15, -0.1) is 0 Å². The Bertz CT molecular complexity index is 298. The van der Waals surface area contributed by atoms with Gasteiger partial charge in [-0.25, -0.2) is 0 Å². The van der Waals surface area contributed by atoms with Crippen molar-refractivity contribution < 1.29 is 14.3 Å². The van der Waals surface area contributed by atoms with Gasteiger partial charge in [0, 0.05) is 12.1 Å². The van der Waals surface area contributed by atoms with E-state index < -0.39 is 16.9 Å². The summed E-state index contributed by atoms with van der Waals surface area (Å²) in [5.74, 6) is -1.21. The highest BCUT2D eigenvalue weighted by Crippen LogP contribution is 2.35. The van der Waals surface area contributed by atoms with E-state index in [0.717, 1.165) is 0 Å². The molecule has 0 aromatic rings. The molecule has 0 saturated heterocycles. The zero-order valence-corrected chi connectivity index (χ0v) is 9.30. The Morgan fingerprint density at radius 3 is 2.71 bits per heavy atom. The molecule has 1 aliphatic carbocycles. The van der Waals surface area contributed by atoms with Gasteiger partial charge in [-0.3, -0.25) is 4.79 Å². The van der Waals surface area contributed by atoms with Crippen LogP contribution in [-0.4, -0.2) is 25.2 Å². The maximum Gasteiger partial charge on any atom is 0.317 e. The molecule has 0 aromatic carbocycles. The lowest BCUT2D eigenvalue weighted by molar-refractivity contribution is -0.148. The number of allylic oxidation sites excluding steroid dienone is 2. The van der Waals surface area contributed by atoms with Crippen LogP contribution in [0.25, 0.3) is 0 Å². The van der Waals surface area contributed by atoms with E-state index in [1.54, 1.807) is 6.08 Å². The van der Waals surface area contributed by atoms with Crippen LogP contribution in [0.2, 0.25) is 0 Å². The molecule has 2 atom stereocenters. The van der Waals surface area contributed by atoms with Crippen molar-refractivity contribution in [1.29, 1.82) is 0 Å². The fourth-order valence-electron chi connectivity index (χ4n) is 1.18. The minimum Gasteiger partial charge on any atom is -0.468 e. The summed E-state index contributed by atoms with van der Waals surface area (Å²) >= 11 is 11.8. The first-order chi connectivity index (χ1) is 6.53. The van der Waals surface area contributed by atoms with E-state index in [-0.39, 0.29) is 0 Å². The molecule has 3 nitrogen and oxygen atoms in total. The fraction of sp³-hybridized carbons (Fsp3) is 0.444. The highest BCUT2D eigenvalue weighted by atomic mass is 35.5. The minimum atomic E-state index is -1.20. The zero-order chi connectivity index (χ0) is 10.8. The lowest BCUT2D eigenvalue weighted by Gasteiger charge is -2.29. The fourth-order valence-corrected chi connectivity index (χ4v) is 1.58. The van der Waals surface area contributed by atoms with Gasteiger partial charge in [0.2, 0.25) is 0 Å². The van der Waals surface area contributed by atoms with E-state index in [2.05, 4.69) is 4.74 Å². The standard InChI is InChI=1S/C9H10Cl2O3/c1-13-8(12)7-5-6(10)3-4-9(7,11)14-2/h3-5,7H,1-2H3. The Hall–Kier alpha value is -0.510. The maximum atomic E-state index is 11.4. The van der Waals surface area contributed by atoms with Crippen LogP contribution < -0.4 is 0 Å². The molecule has 0 saturated carbocycles. The number of methoxy groups -OCH3 is 2. The van der Waals surface area contributed by atoms with E-state index in [9.17, 15) is 4.79 Å². The molecule has 0 radical (unpaired) electrons. The molecular formula is C9H10Cl2O3. The molecule has 0 heterocycles. The van der Waals surface area contributed by atoms with Gasteiger partial charge in [0.1, 0.15) is 5.92 Å². The van der Waals surface area contributed by atoms with Crippen LogP contribution in [0.3, 0.4) is 0 Å². The van der Waals surface area contributed by atoms with Crippen LogP contribution in [0, 0.1) is 5.92 Å². The molecule has 0 aromatic heterocycles. The Kier molecular flexibility index (Phi) is 3.59. The van der Waals surface area contributed by atoms with Crippen molar-refractivity contribution in [2.45, 2.75) is 5.06 Å². The normalized spacial score (nSPS) is 31.1. The average Bonchev–Trinajstić information content (AvgIpc) is 2.21. The van der Waals surface area contributed by atoms with Crippen LogP contribution in [0.4, 0.5) is 0 Å².